The van der Waals surface area contributed by atoms with Crippen molar-refractivity contribution in [3.05, 3.63) is 59.8 Å². The third-order valence-corrected chi connectivity index (χ3v) is 3.70. The molecule has 1 heterocycles. The molecule has 1 unspecified atom stereocenters. The van der Waals surface area contributed by atoms with E-state index in [-0.39, 0.29) is 30.7 Å². The van der Waals surface area contributed by atoms with Crippen LogP contribution < -0.4 is 16.4 Å². The van der Waals surface area contributed by atoms with E-state index >= 15 is 0 Å². The molecule has 1 aromatic heterocycles. The molecule has 0 aliphatic heterocycles. The minimum Gasteiger partial charge on any atom is -0.370 e. The van der Waals surface area contributed by atoms with Gasteiger partial charge >= 0.3 is 0 Å². The number of amides is 1. The molecule has 0 saturated carbocycles. The zero-order valence-electron chi connectivity index (χ0n) is 14.5. The summed E-state index contributed by atoms with van der Waals surface area (Å²) in [6, 6.07) is 13.4. The van der Waals surface area contributed by atoms with Crippen molar-refractivity contribution in [3.8, 4) is 0 Å². The zero-order chi connectivity index (χ0) is 16.7. The molecule has 25 heavy (non-hydrogen) atoms. The number of carbonyl (C=O) groups is 1. The second kappa shape index (κ2) is 10.9. The molecule has 1 atom stereocenters. The molecule has 0 bridgehead atoms. The number of nitrogens with one attached hydrogen (secondary N) is 2. The third kappa shape index (κ3) is 6.90. The number of carbonyl (C=O) groups excluding carboxylic acids is 1. The number of pyridine rings is 1. The van der Waals surface area contributed by atoms with Gasteiger partial charge in [-0.15, -0.1) is 24.8 Å². The molecule has 0 aliphatic rings. The summed E-state index contributed by atoms with van der Waals surface area (Å²) < 4.78 is 0. The minimum absolute atomic E-state index is 0. The van der Waals surface area contributed by atoms with Gasteiger partial charge in [0, 0.05) is 19.3 Å². The fourth-order valence-electron chi connectivity index (χ4n) is 2.18. The highest BCUT2D eigenvalue weighted by Gasteiger charge is 2.29. The van der Waals surface area contributed by atoms with Gasteiger partial charge in [-0.05, 0) is 37.5 Å². The number of aryl methyl sites for hydroxylation is 1. The van der Waals surface area contributed by atoms with Crippen molar-refractivity contribution in [2.75, 3.05) is 18.4 Å². The Labute approximate surface area is 161 Å². The van der Waals surface area contributed by atoms with Crippen molar-refractivity contribution in [1.29, 1.82) is 0 Å². The highest BCUT2D eigenvalue weighted by Crippen LogP contribution is 2.17. The van der Waals surface area contributed by atoms with Gasteiger partial charge in [-0.25, -0.2) is 4.98 Å². The third-order valence-electron chi connectivity index (χ3n) is 3.70. The van der Waals surface area contributed by atoms with E-state index in [4.69, 9.17) is 5.73 Å². The van der Waals surface area contributed by atoms with Crippen molar-refractivity contribution >= 4 is 36.5 Å². The summed E-state index contributed by atoms with van der Waals surface area (Å²) in [6.45, 7) is 5.04. The van der Waals surface area contributed by atoms with Crippen LogP contribution in [0.25, 0.3) is 0 Å². The molecule has 4 N–H and O–H groups in total. The largest absolute Gasteiger partial charge is 0.370 e. The molecule has 1 amide bonds. The summed E-state index contributed by atoms with van der Waals surface area (Å²) in [7, 11) is 0. The van der Waals surface area contributed by atoms with E-state index in [1.165, 1.54) is 0 Å². The van der Waals surface area contributed by atoms with E-state index in [0.717, 1.165) is 29.9 Å². The molecule has 5 nitrogen and oxygen atoms in total. The number of rotatable bonds is 7. The summed E-state index contributed by atoms with van der Waals surface area (Å²) in [4.78, 5) is 16.5. The standard InChI is InChI=1S/C18H24N4O.2ClH/c1-14-9-10-16(22-13-14)20-11-6-12-21-17(23)18(2,19)15-7-4-3-5-8-15;;/h3-5,7-10,13H,6,11-12,19H2,1-2H3,(H,20,22)(H,21,23);2*1H. The van der Waals surface area contributed by atoms with Crippen molar-refractivity contribution in [1.82, 2.24) is 10.3 Å². The van der Waals surface area contributed by atoms with Crippen molar-refractivity contribution in [2.24, 2.45) is 5.73 Å². The molecule has 0 fully saturated rings. The van der Waals surface area contributed by atoms with E-state index in [0.29, 0.717) is 6.54 Å². The van der Waals surface area contributed by atoms with Crippen molar-refractivity contribution < 1.29 is 4.79 Å². The fourth-order valence-corrected chi connectivity index (χ4v) is 2.18. The maximum Gasteiger partial charge on any atom is 0.244 e. The number of halogens is 2. The SMILES string of the molecule is Cc1ccc(NCCCNC(=O)C(C)(N)c2ccccc2)nc1.Cl.Cl. The molecule has 138 valence electrons. The minimum atomic E-state index is -1.02. The second-order valence-electron chi connectivity index (χ2n) is 5.83. The predicted molar refractivity (Wildman–Crippen MR) is 108 cm³/mol. The van der Waals surface area contributed by atoms with Gasteiger partial charge in [0.05, 0.1) is 0 Å². The fraction of sp³-hybridized carbons (Fsp3) is 0.333. The van der Waals surface area contributed by atoms with E-state index in [2.05, 4.69) is 15.6 Å². The lowest BCUT2D eigenvalue weighted by atomic mass is 9.92. The topological polar surface area (TPSA) is 80.0 Å². The lowest BCUT2D eigenvalue weighted by molar-refractivity contribution is -0.126. The average Bonchev–Trinajstić information content (AvgIpc) is 2.57. The molecule has 1 aromatic carbocycles. The molecule has 0 saturated heterocycles. The van der Waals surface area contributed by atoms with Crippen LogP contribution in [0.2, 0.25) is 0 Å². The van der Waals surface area contributed by atoms with E-state index in [1.807, 2.05) is 55.6 Å². The smallest absolute Gasteiger partial charge is 0.244 e. The van der Waals surface area contributed by atoms with Gasteiger partial charge in [0.1, 0.15) is 11.4 Å². The molecular formula is C18H26Cl2N4O. The Morgan fingerprint density at radius 2 is 1.80 bits per heavy atom. The van der Waals surface area contributed by atoms with Crippen LogP contribution in [-0.2, 0) is 10.3 Å². The van der Waals surface area contributed by atoms with Gasteiger partial charge in [0.15, 0.2) is 0 Å². The first-order valence-corrected chi connectivity index (χ1v) is 7.79. The number of nitrogens with two attached hydrogens (primary N) is 1. The maximum atomic E-state index is 12.3. The summed E-state index contributed by atoms with van der Waals surface area (Å²) in [5, 5.41) is 6.11. The highest BCUT2D eigenvalue weighted by molar-refractivity contribution is 5.87. The first-order valence-electron chi connectivity index (χ1n) is 7.79. The average molecular weight is 385 g/mol. The summed E-state index contributed by atoms with van der Waals surface area (Å²) in [5.74, 6) is 0.673. The van der Waals surface area contributed by atoms with Crippen LogP contribution in [0, 0.1) is 6.92 Å². The van der Waals surface area contributed by atoms with Gasteiger partial charge in [0.25, 0.3) is 0 Å². The second-order valence-corrected chi connectivity index (χ2v) is 5.83. The van der Waals surface area contributed by atoms with E-state index < -0.39 is 5.54 Å². The highest BCUT2D eigenvalue weighted by atomic mass is 35.5. The Bertz CT molecular complexity index is 633. The van der Waals surface area contributed by atoms with Gasteiger partial charge in [-0.3, -0.25) is 4.79 Å². The molecule has 2 aromatic rings. The van der Waals surface area contributed by atoms with Gasteiger partial charge in [-0.1, -0.05) is 36.4 Å². The number of nitrogens with zero attached hydrogens (tertiary/aromatic N) is 1. The Morgan fingerprint density at radius 3 is 2.40 bits per heavy atom. The molecule has 0 aliphatic carbocycles. The van der Waals surface area contributed by atoms with Crippen LogP contribution in [0.15, 0.2) is 48.7 Å². The summed E-state index contributed by atoms with van der Waals surface area (Å²) >= 11 is 0. The first kappa shape index (κ1) is 23.2. The van der Waals surface area contributed by atoms with Crippen LogP contribution in [0.5, 0.6) is 0 Å². The Hall–Kier alpha value is -1.82. The Balaban J connectivity index is 0.00000288. The number of hydrogen-bond acceptors (Lipinski definition) is 4. The van der Waals surface area contributed by atoms with Gasteiger partial charge < -0.3 is 16.4 Å². The van der Waals surface area contributed by atoms with E-state index in [9.17, 15) is 4.79 Å². The van der Waals surface area contributed by atoms with Crippen LogP contribution in [-0.4, -0.2) is 24.0 Å². The van der Waals surface area contributed by atoms with Crippen LogP contribution in [0.4, 0.5) is 5.82 Å². The van der Waals surface area contributed by atoms with E-state index in [1.54, 1.807) is 6.92 Å². The lowest BCUT2D eigenvalue weighted by Crippen LogP contribution is -2.49. The number of anilines is 1. The number of hydrogen-bond donors (Lipinski definition) is 3. The van der Waals surface area contributed by atoms with Gasteiger partial charge in [-0.2, -0.15) is 0 Å². The molecule has 2 rings (SSSR count). The normalized spacial score (nSPS) is 12.1. The maximum absolute atomic E-state index is 12.3. The van der Waals surface area contributed by atoms with Crippen molar-refractivity contribution in [2.45, 2.75) is 25.8 Å². The number of aromatic nitrogens is 1. The van der Waals surface area contributed by atoms with Gasteiger partial charge in [0.2, 0.25) is 5.91 Å². The monoisotopic (exact) mass is 384 g/mol. The Kier molecular flexibility index (Phi) is 10.1. The molecule has 0 radical (unpaired) electrons. The van der Waals surface area contributed by atoms with Crippen LogP contribution in [0.3, 0.4) is 0 Å². The molecular weight excluding hydrogens is 359 g/mol. The first-order chi connectivity index (χ1) is 11.0. The number of benzene rings is 1. The van der Waals surface area contributed by atoms with Crippen LogP contribution >= 0.6 is 24.8 Å². The zero-order valence-corrected chi connectivity index (χ0v) is 16.1. The lowest BCUT2D eigenvalue weighted by Gasteiger charge is -2.24. The quantitative estimate of drug-likeness (QED) is 0.640. The molecule has 7 heteroatoms. The predicted octanol–water partition coefficient (Wildman–Crippen LogP) is 3.03. The Morgan fingerprint density at radius 1 is 1.12 bits per heavy atom. The molecule has 0 spiro atoms. The van der Waals surface area contributed by atoms with Crippen molar-refractivity contribution in [3.63, 3.8) is 0 Å². The van der Waals surface area contributed by atoms with Crippen LogP contribution in [0.1, 0.15) is 24.5 Å². The summed E-state index contributed by atoms with van der Waals surface area (Å²) in [5.41, 5.74) is 7.08. The summed E-state index contributed by atoms with van der Waals surface area (Å²) in [6.07, 6.45) is 2.62.